The van der Waals surface area contributed by atoms with Crippen LogP contribution in [0.1, 0.15) is 5.82 Å². The minimum Gasteiger partial charge on any atom is -0.497 e. The standard InChI is InChI=1S/C45H34N5O/c1-29-47(2)39-22-11-12-23-40(39)48(29)32-16-13-17-33(28-32)50-38-21-10-8-19-36(38)43-41(30-24-26-34(51-3)27-25-30)42-35-18-7-9-20-37(35)49(44(42)46-45(43)50)31-14-5-4-6-15-31/h4-28H,1-3H3/q+1. The Kier molecular flexibility index (Phi) is 6.42. The highest BCUT2D eigenvalue weighted by molar-refractivity contribution is 6.26. The fourth-order valence-corrected chi connectivity index (χ4v) is 8.06. The number of ether oxygens (including phenoxy) is 1. The first kappa shape index (κ1) is 29.3. The molecule has 0 amide bonds. The lowest BCUT2D eigenvalue weighted by Crippen LogP contribution is -2.30. The average Bonchev–Trinajstić information content (AvgIpc) is 3.79. The highest BCUT2D eigenvalue weighted by Gasteiger charge is 2.26. The maximum atomic E-state index is 5.69. The molecule has 6 heteroatoms. The Bertz CT molecular complexity index is 2970. The van der Waals surface area contributed by atoms with Crippen molar-refractivity contribution in [3.05, 3.63) is 157 Å². The van der Waals surface area contributed by atoms with Crippen molar-refractivity contribution < 1.29 is 9.30 Å². The molecule has 0 fully saturated rings. The zero-order valence-corrected chi connectivity index (χ0v) is 28.6. The van der Waals surface area contributed by atoms with Gasteiger partial charge < -0.3 is 4.74 Å². The summed E-state index contributed by atoms with van der Waals surface area (Å²) in [6.45, 7) is 2.18. The number of hydrogen-bond donors (Lipinski definition) is 0. The molecule has 0 aliphatic carbocycles. The zero-order valence-electron chi connectivity index (χ0n) is 28.6. The maximum Gasteiger partial charge on any atom is 0.259 e. The fraction of sp³-hybridized carbons (Fsp3) is 0.0667. The summed E-state index contributed by atoms with van der Waals surface area (Å²) in [6, 6.07) is 53.8. The smallest absolute Gasteiger partial charge is 0.259 e. The third kappa shape index (κ3) is 4.23. The van der Waals surface area contributed by atoms with Gasteiger partial charge in [0.25, 0.3) is 5.82 Å². The van der Waals surface area contributed by atoms with E-state index >= 15 is 0 Å². The number of pyridine rings is 1. The van der Waals surface area contributed by atoms with Gasteiger partial charge in [-0.3, -0.25) is 9.13 Å². The van der Waals surface area contributed by atoms with Crippen LogP contribution in [-0.4, -0.2) is 25.8 Å². The molecule has 0 N–H and O–H groups in total. The second-order valence-electron chi connectivity index (χ2n) is 13.1. The number of fused-ring (bicyclic) bond motifs is 7. The molecular weight excluding hydrogens is 627 g/mol. The van der Waals surface area contributed by atoms with Crippen LogP contribution < -0.4 is 9.30 Å². The SMILES string of the molecule is COc1ccc(-c2c3c4ccccc4n(-c4ccccc4)c3nc3c2c2ccccc2n3-c2cccc(-n3c(C)[n+](C)c4ccccc43)c2)cc1. The summed E-state index contributed by atoms with van der Waals surface area (Å²) in [5.41, 5.74) is 11.9. The van der Waals surface area contributed by atoms with E-state index in [0.29, 0.717) is 0 Å². The maximum absolute atomic E-state index is 5.69. The van der Waals surface area contributed by atoms with Crippen LogP contribution in [0.2, 0.25) is 0 Å². The van der Waals surface area contributed by atoms with Crippen LogP contribution in [-0.2, 0) is 7.05 Å². The molecule has 0 radical (unpaired) electrons. The van der Waals surface area contributed by atoms with E-state index in [2.05, 4.69) is 184 Å². The molecule has 0 unspecified atom stereocenters. The predicted octanol–water partition coefficient (Wildman–Crippen LogP) is 10.0. The van der Waals surface area contributed by atoms with Crippen molar-refractivity contribution in [2.24, 2.45) is 7.05 Å². The van der Waals surface area contributed by atoms with E-state index < -0.39 is 0 Å². The van der Waals surface area contributed by atoms with Gasteiger partial charge in [0.15, 0.2) is 11.0 Å². The van der Waals surface area contributed by atoms with Crippen molar-refractivity contribution in [3.8, 4) is 33.9 Å². The Morgan fingerprint density at radius 3 is 1.71 bits per heavy atom. The number of rotatable bonds is 5. The summed E-state index contributed by atoms with van der Waals surface area (Å²) >= 11 is 0. The topological polar surface area (TPSA) is 40.8 Å². The molecule has 0 saturated carbocycles. The normalized spacial score (nSPS) is 11.8. The lowest BCUT2D eigenvalue weighted by molar-refractivity contribution is -0.652. The van der Waals surface area contributed by atoms with Gasteiger partial charge in [-0.05, 0) is 66.2 Å². The number of aryl methyl sites for hydroxylation is 1. The van der Waals surface area contributed by atoms with Crippen LogP contribution in [0.15, 0.2) is 152 Å². The van der Waals surface area contributed by atoms with Crippen LogP contribution in [0.5, 0.6) is 5.75 Å². The van der Waals surface area contributed by atoms with Gasteiger partial charge in [-0.1, -0.05) is 84.9 Å². The molecule has 244 valence electrons. The van der Waals surface area contributed by atoms with E-state index in [4.69, 9.17) is 9.72 Å². The van der Waals surface area contributed by atoms with Crippen molar-refractivity contribution in [2.45, 2.75) is 6.92 Å². The van der Waals surface area contributed by atoms with Crippen LogP contribution in [0.3, 0.4) is 0 Å². The molecule has 0 aliphatic rings. The van der Waals surface area contributed by atoms with Crippen molar-refractivity contribution in [1.82, 2.24) is 18.7 Å². The van der Waals surface area contributed by atoms with Crippen molar-refractivity contribution in [3.63, 3.8) is 0 Å². The Morgan fingerprint density at radius 2 is 1.06 bits per heavy atom. The molecule has 6 aromatic carbocycles. The Morgan fingerprint density at radius 1 is 0.529 bits per heavy atom. The number of imidazole rings is 1. The molecule has 4 aromatic heterocycles. The summed E-state index contributed by atoms with van der Waals surface area (Å²) in [7, 11) is 3.85. The molecule has 0 spiro atoms. The lowest BCUT2D eigenvalue weighted by Gasteiger charge is -2.12. The monoisotopic (exact) mass is 660 g/mol. The summed E-state index contributed by atoms with van der Waals surface area (Å²) in [5, 5.41) is 4.58. The molecule has 6 nitrogen and oxygen atoms in total. The predicted molar refractivity (Wildman–Crippen MR) is 208 cm³/mol. The van der Waals surface area contributed by atoms with E-state index in [-0.39, 0.29) is 0 Å². The molecule has 51 heavy (non-hydrogen) atoms. The highest BCUT2D eigenvalue weighted by Crippen LogP contribution is 2.45. The van der Waals surface area contributed by atoms with Crippen molar-refractivity contribution >= 4 is 54.9 Å². The minimum atomic E-state index is 0.826. The van der Waals surface area contributed by atoms with Crippen molar-refractivity contribution in [1.29, 1.82) is 0 Å². The Hall–Kier alpha value is -6.66. The molecule has 4 heterocycles. The second kappa shape index (κ2) is 11.2. The second-order valence-corrected chi connectivity index (χ2v) is 13.1. The summed E-state index contributed by atoms with van der Waals surface area (Å²) < 4.78 is 14.9. The molecule has 0 bridgehead atoms. The third-order valence-electron chi connectivity index (χ3n) is 10.4. The third-order valence-corrected chi connectivity index (χ3v) is 10.4. The Balaban J connectivity index is 1.37. The first-order chi connectivity index (χ1) is 25.1. The van der Waals surface area contributed by atoms with Gasteiger partial charge in [-0.2, -0.15) is 4.57 Å². The summed E-state index contributed by atoms with van der Waals surface area (Å²) in [4.78, 5) is 5.69. The summed E-state index contributed by atoms with van der Waals surface area (Å²) in [6.07, 6.45) is 0. The van der Waals surface area contributed by atoms with E-state index in [1.807, 2.05) is 0 Å². The first-order valence-corrected chi connectivity index (χ1v) is 17.3. The fourth-order valence-electron chi connectivity index (χ4n) is 8.06. The number of methoxy groups -OCH3 is 1. The largest absolute Gasteiger partial charge is 0.497 e. The van der Waals surface area contributed by atoms with Crippen LogP contribution in [0.25, 0.3) is 83.1 Å². The van der Waals surface area contributed by atoms with E-state index in [1.54, 1.807) is 7.11 Å². The van der Waals surface area contributed by atoms with Gasteiger partial charge in [-0.15, -0.1) is 0 Å². The number of hydrogen-bond acceptors (Lipinski definition) is 2. The Labute approximate surface area is 294 Å². The average molecular weight is 661 g/mol. The molecular formula is C45H34N5O+. The van der Waals surface area contributed by atoms with Crippen LogP contribution in [0.4, 0.5) is 0 Å². The van der Waals surface area contributed by atoms with Crippen LogP contribution in [0, 0.1) is 6.92 Å². The zero-order chi connectivity index (χ0) is 34.2. The van der Waals surface area contributed by atoms with Gasteiger partial charge in [0.1, 0.15) is 22.7 Å². The van der Waals surface area contributed by atoms with E-state index in [0.717, 1.165) is 78.2 Å². The molecule has 0 atom stereocenters. The van der Waals surface area contributed by atoms with Crippen LogP contribution >= 0.6 is 0 Å². The minimum absolute atomic E-state index is 0.826. The van der Waals surface area contributed by atoms with Gasteiger partial charge in [-0.25, -0.2) is 9.55 Å². The number of aromatic nitrogens is 5. The quantitative estimate of drug-likeness (QED) is 0.173. The van der Waals surface area contributed by atoms with Gasteiger partial charge in [0.2, 0.25) is 0 Å². The molecule has 0 aliphatic heterocycles. The van der Waals surface area contributed by atoms with E-state index in [1.165, 1.54) is 16.4 Å². The molecule has 10 rings (SSSR count). The van der Waals surface area contributed by atoms with Gasteiger partial charge in [0.05, 0.1) is 30.9 Å². The molecule has 10 aromatic rings. The van der Waals surface area contributed by atoms with Gasteiger partial charge in [0, 0.05) is 45.8 Å². The number of para-hydroxylation sites is 5. The molecule has 0 saturated heterocycles. The van der Waals surface area contributed by atoms with E-state index in [9.17, 15) is 0 Å². The first-order valence-electron chi connectivity index (χ1n) is 17.3. The number of nitrogens with zero attached hydrogens (tertiary/aromatic N) is 5. The summed E-state index contributed by atoms with van der Waals surface area (Å²) in [5.74, 6) is 1.98. The highest BCUT2D eigenvalue weighted by atomic mass is 16.5. The van der Waals surface area contributed by atoms with Gasteiger partial charge >= 0.3 is 0 Å². The number of benzene rings is 6. The van der Waals surface area contributed by atoms with Crippen molar-refractivity contribution in [2.75, 3.05) is 7.11 Å². The lowest BCUT2D eigenvalue weighted by atomic mass is 9.96.